The van der Waals surface area contributed by atoms with E-state index in [2.05, 4.69) is 111 Å². The van der Waals surface area contributed by atoms with Crippen LogP contribution in [0.1, 0.15) is 155 Å². The number of esters is 2. The average molecular weight is 823 g/mol. The summed E-state index contributed by atoms with van der Waals surface area (Å²) in [5.41, 5.74) is 0. The van der Waals surface area contributed by atoms with E-state index in [4.69, 9.17) is 14.2 Å². The van der Waals surface area contributed by atoms with Crippen molar-refractivity contribution in [3.63, 3.8) is 0 Å². The van der Waals surface area contributed by atoms with Crippen molar-refractivity contribution >= 4 is 17.9 Å². The lowest BCUT2D eigenvalue weighted by Crippen LogP contribution is -2.50. The van der Waals surface area contributed by atoms with E-state index < -0.39 is 18.1 Å². The number of rotatable bonds is 39. The molecule has 334 valence electrons. The monoisotopic (exact) mass is 823 g/mol. The van der Waals surface area contributed by atoms with Crippen molar-refractivity contribution in [2.45, 2.75) is 167 Å². The van der Waals surface area contributed by atoms with Gasteiger partial charge in [0.25, 0.3) is 0 Å². The van der Waals surface area contributed by atoms with Crippen LogP contribution in [-0.4, -0.2) is 80.6 Å². The van der Waals surface area contributed by atoms with Gasteiger partial charge in [0.05, 0.1) is 34.4 Å². The summed E-state index contributed by atoms with van der Waals surface area (Å²) in [5.74, 6) is -1.57. The minimum Gasteiger partial charge on any atom is -0.477 e. The Morgan fingerprint density at radius 3 is 1.47 bits per heavy atom. The maximum absolute atomic E-state index is 12.7. The van der Waals surface area contributed by atoms with Gasteiger partial charge in [-0.15, -0.1) is 0 Å². The number of likely N-dealkylation sites (N-methyl/N-ethyl adjacent to an activating group) is 1. The van der Waals surface area contributed by atoms with Gasteiger partial charge >= 0.3 is 17.9 Å². The fourth-order valence-corrected chi connectivity index (χ4v) is 5.96. The Balaban J connectivity index is 4.42. The van der Waals surface area contributed by atoms with Gasteiger partial charge in [0.2, 0.25) is 0 Å². The molecule has 8 nitrogen and oxygen atoms in total. The zero-order valence-electron chi connectivity index (χ0n) is 37.9. The highest BCUT2D eigenvalue weighted by atomic mass is 16.6. The summed E-state index contributed by atoms with van der Waals surface area (Å²) in [6.07, 6.45) is 54.6. The molecule has 8 heteroatoms. The Hall–Kier alpha value is -3.75. The molecular formula is C51H84NO7+. The van der Waals surface area contributed by atoms with E-state index >= 15 is 0 Å². The highest BCUT2D eigenvalue weighted by Gasteiger charge is 2.31. The number of hydrogen-bond donors (Lipinski definition) is 1. The summed E-state index contributed by atoms with van der Waals surface area (Å²) >= 11 is 0. The number of unbranched alkanes of at least 4 members (excludes halogenated alkanes) is 9. The summed E-state index contributed by atoms with van der Waals surface area (Å²) in [5, 5.41) is 9.62. The molecule has 1 N–H and O–H groups in total. The molecule has 0 bridgehead atoms. The quantitative estimate of drug-likeness (QED) is 0.0285. The van der Waals surface area contributed by atoms with Crippen molar-refractivity contribution in [1.82, 2.24) is 0 Å². The number of nitrogens with zero attached hydrogens (tertiary/aromatic N) is 1. The highest BCUT2D eigenvalue weighted by molar-refractivity contribution is 5.72. The Labute approximate surface area is 360 Å². The molecule has 0 aromatic carbocycles. The minimum absolute atomic E-state index is 0.0335. The molecule has 2 unspecified atom stereocenters. The number of carbonyl (C=O) groups is 3. The largest absolute Gasteiger partial charge is 0.477 e. The van der Waals surface area contributed by atoms with Gasteiger partial charge in [-0.2, -0.15) is 0 Å². The van der Waals surface area contributed by atoms with Crippen molar-refractivity contribution in [2.75, 3.05) is 41.0 Å². The zero-order chi connectivity index (χ0) is 43.5. The van der Waals surface area contributed by atoms with E-state index in [1.54, 1.807) is 0 Å². The highest BCUT2D eigenvalue weighted by Crippen LogP contribution is 2.12. The van der Waals surface area contributed by atoms with Gasteiger partial charge < -0.3 is 23.8 Å². The molecule has 0 radical (unpaired) electrons. The van der Waals surface area contributed by atoms with Gasteiger partial charge in [0.15, 0.2) is 12.1 Å². The van der Waals surface area contributed by atoms with E-state index in [1.807, 2.05) is 21.1 Å². The first-order valence-corrected chi connectivity index (χ1v) is 22.8. The van der Waals surface area contributed by atoms with Crippen LogP contribution in [0, 0.1) is 0 Å². The van der Waals surface area contributed by atoms with Gasteiger partial charge in [-0.3, -0.25) is 9.59 Å². The lowest BCUT2D eigenvalue weighted by atomic mass is 10.1. The SMILES string of the molecule is CC/C=C/C/C=C/C/C=C/C/C=C/C/C=C/C/C=C/C/C=C/CCCC(=O)OCC(COCCC(C(=O)O)[N+](C)(C)C)OC(=O)CCCCCCC/C=C/CCCCC. The van der Waals surface area contributed by atoms with Crippen molar-refractivity contribution in [3.8, 4) is 0 Å². The van der Waals surface area contributed by atoms with Gasteiger partial charge in [-0.1, -0.05) is 143 Å². The van der Waals surface area contributed by atoms with Crippen LogP contribution in [0.25, 0.3) is 0 Å². The number of carboxylic acids is 1. The van der Waals surface area contributed by atoms with Crippen molar-refractivity contribution in [2.24, 2.45) is 0 Å². The van der Waals surface area contributed by atoms with E-state index in [0.717, 1.165) is 89.9 Å². The second kappa shape index (κ2) is 41.0. The van der Waals surface area contributed by atoms with Crippen LogP contribution in [-0.2, 0) is 28.6 Å². The third-order valence-corrected chi connectivity index (χ3v) is 9.47. The lowest BCUT2D eigenvalue weighted by Gasteiger charge is -2.31. The number of quaternary nitrogens is 1. The fourth-order valence-electron chi connectivity index (χ4n) is 5.96. The molecule has 59 heavy (non-hydrogen) atoms. The molecule has 0 aromatic heterocycles. The summed E-state index contributed by atoms with van der Waals surface area (Å²) in [6.45, 7) is 4.50. The minimum atomic E-state index is -0.888. The normalized spacial score (nSPS) is 13.8. The Bertz CT molecular complexity index is 1280. The Kier molecular flexibility index (Phi) is 38.4. The molecule has 0 aromatic rings. The molecule has 0 saturated carbocycles. The van der Waals surface area contributed by atoms with Crippen LogP contribution in [0.5, 0.6) is 0 Å². The lowest BCUT2D eigenvalue weighted by molar-refractivity contribution is -0.887. The fraction of sp³-hybridized carbons (Fsp3) is 0.627. The second-order valence-corrected chi connectivity index (χ2v) is 15.9. The average Bonchev–Trinajstić information content (AvgIpc) is 3.19. The van der Waals surface area contributed by atoms with Gasteiger partial charge in [-0.05, 0) is 89.9 Å². The van der Waals surface area contributed by atoms with Gasteiger partial charge in [0, 0.05) is 19.3 Å². The Morgan fingerprint density at radius 1 is 0.525 bits per heavy atom. The van der Waals surface area contributed by atoms with Crippen LogP contribution in [0.2, 0.25) is 0 Å². The number of carbonyl (C=O) groups excluding carboxylic acids is 2. The van der Waals surface area contributed by atoms with Crippen molar-refractivity contribution < 1.29 is 38.2 Å². The number of ether oxygens (including phenoxy) is 3. The van der Waals surface area contributed by atoms with E-state index in [1.165, 1.54) is 25.7 Å². The second-order valence-electron chi connectivity index (χ2n) is 15.9. The number of allylic oxidation sites excluding steroid dienone is 16. The summed E-state index contributed by atoms with van der Waals surface area (Å²) < 4.78 is 17.2. The summed E-state index contributed by atoms with van der Waals surface area (Å²) in [6, 6.07) is -0.629. The van der Waals surface area contributed by atoms with Crippen molar-refractivity contribution in [1.29, 1.82) is 0 Å². The third kappa shape index (κ3) is 39.5. The number of hydrogen-bond acceptors (Lipinski definition) is 6. The molecule has 0 aliphatic carbocycles. The summed E-state index contributed by atoms with van der Waals surface area (Å²) in [4.78, 5) is 37.0. The molecule has 0 saturated heterocycles. The van der Waals surface area contributed by atoms with Gasteiger partial charge in [-0.25, -0.2) is 4.79 Å². The molecule has 0 spiro atoms. The molecule has 2 atom stereocenters. The molecule has 0 heterocycles. The van der Waals surface area contributed by atoms with Gasteiger partial charge in [0.1, 0.15) is 6.61 Å². The van der Waals surface area contributed by atoms with Crippen LogP contribution >= 0.6 is 0 Å². The van der Waals surface area contributed by atoms with Crippen LogP contribution in [0.15, 0.2) is 97.2 Å². The number of carboxylic acid groups (broad SMARTS) is 1. The third-order valence-electron chi connectivity index (χ3n) is 9.47. The molecule has 0 fully saturated rings. The predicted octanol–water partition coefficient (Wildman–Crippen LogP) is 12.7. The first-order valence-electron chi connectivity index (χ1n) is 22.8. The van der Waals surface area contributed by atoms with E-state index in [-0.39, 0.29) is 42.7 Å². The molecular weight excluding hydrogens is 739 g/mol. The zero-order valence-corrected chi connectivity index (χ0v) is 37.9. The van der Waals surface area contributed by atoms with E-state index in [0.29, 0.717) is 19.3 Å². The topological polar surface area (TPSA) is 99.1 Å². The molecule has 0 aliphatic heterocycles. The van der Waals surface area contributed by atoms with E-state index in [9.17, 15) is 19.5 Å². The maximum Gasteiger partial charge on any atom is 0.362 e. The Morgan fingerprint density at radius 2 is 0.966 bits per heavy atom. The van der Waals surface area contributed by atoms with Crippen LogP contribution < -0.4 is 0 Å². The molecule has 0 amide bonds. The molecule has 0 rings (SSSR count). The predicted molar refractivity (Wildman–Crippen MR) is 247 cm³/mol. The molecule has 0 aliphatic rings. The smallest absolute Gasteiger partial charge is 0.362 e. The number of aliphatic carboxylic acids is 1. The first-order chi connectivity index (χ1) is 28.6. The van der Waals surface area contributed by atoms with Crippen LogP contribution in [0.3, 0.4) is 0 Å². The standard InChI is InChI=1S/C51H83NO7/c1-6-8-10-12-14-16-18-20-21-22-23-24-25-26-27-28-29-30-32-33-35-37-39-41-49(53)58-46-47(45-57-44-43-48(51(55)56)52(3,4)5)59-50(54)42-40-38-36-34-31-19-17-15-13-11-9-7-2/h8,10,14-17,20-21,23-24,26-27,29-30,33,35,47-48H,6-7,9,11-13,18-19,22,25,28,31-32,34,36-46H2,1-5H3/p+1/b10-8+,16-14+,17-15+,21-20+,24-23+,27-26+,30-29+,35-33+. The van der Waals surface area contributed by atoms with Crippen LogP contribution in [0.4, 0.5) is 0 Å². The summed E-state index contributed by atoms with van der Waals surface area (Å²) in [7, 11) is 5.49. The van der Waals surface area contributed by atoms with Crippen molar-refractivity contribution in [3.05, 3.63) is 97.2 Å². The maximum atomic E-state index is 12.7. The first kappa shape index (κ1) is 55.2.